The lowest BCUT2D eigenvalue weighted by molar-refractivity contribution is -0.120. The highest BCUT2D eigenvalue weighted by molar-refractivity contribution is 6.30. The molecule has 0 unspecified atom stereocenters. The van der Waals surface area contributed by atoms with Gasteiger partial charge in [-0.3, -0.25) is 9.59 Å². The summed E-state index contributed by atoms with van der Waals surface area (Å²) in [7, 11) is 3.78. The summed E-state index contributed by atoms with van der Waals surface area (Å²) in [5, 5.41) is 0.625. The lowest BCUT2D eigenvalue weighted by atomic mass is 10.0. The van der Waals surface area contributed by atoms with Gasteiger partial charge >= 0.3 is 0 Å². The summed E-state index contributed by atoms with van der Waals surface area (Å²) in [5.74, 6) is -0.338. The van der Waals surface area contributed by atoms with Crippen LogP contribution in [0, 0.1) is 0 Å². The summed E-state index contributed by atoms with van der Waals surface area (Å²) in [6, 6.07) is 7.03. The van der Waals surface area contributed by atoms with Gasteiger partial charge in [0.25, 0.3) is 0 Å². The molecule has 0 aromatic heterocycles. The number of hydrogen-bond donors (Lipinski definition) is 0. The molecule has 19 heavy (non-hydrogen) atoms. The van der Waals surface area contributed by atoms with Gasteiger partial charge in [0.2, 0.25) is 0 Å². The minimum absolute atomic E-state index is 0.129. The van der Waals surface area contributed by atoms with Gasteiger partial charge in [0.15, 0.2) is 11.6 Å². The Hall–Kier alpha value is -1.45. The summed E-state index contributed by atoms with van der Waals surface area (Å²) in [6.45, 7) is 2.04. The van der Waals surface area contributed by atoms with Crippen LogP contribution in [0.2, 0.25) is 5.02 Å². The van der Waals surface area contributed by atoms with Gasteiger partial charge in [-0.1, -0.05) is 23.7 Å². The molecular weight excluding hydrogens is 262 g/mol. The zero-order valence-corrected chi connectivity index (χ0v) is 12.2. The second-order valence-electron chi connectivity index (χ2n) is 4.64. The fourth-order valence-electron chi connectivity index (χ4n) is 1.56. The third-order valence-electron chi connectivity index (χ3n) is 2.65. The molecule has 0 heterocycles. The third kappa shape index (κ3) is 5.37. The first-order valence-electron chi connectivity index (χ1n) is 6.06. The molecule has 0 atom stereocenters. The average molecular weight is 280 g/mol. The Morgan fingerprint density at radius 3 is 2.26 bits per heavy atom. The minimum atomic E-state index is -0.210. The minimum Gasteiger partial charge on any atom is -0.309 e. The molecular formula is C15H18ClNO2. The number of carbonyl (C=O) groups excluding carboxylic acids is 2. The molecule has 1 aromatic rings. The molecule has 0 aliphatic rings. The van der Waals surface area contributed by atoms with Crippen LogP contribution in [0.5, 0.6) is 0 Å². The van der Waals surface area contributed by atoms with Crippen molar-refractivity contribution in [2.45, 2.75) is 13.3 Å². The summed E-state index contributed by atoms with van der Waals surface area (Å²) < 4.78 is 0. The molecule has 0 saturated heterocycles. The van der Waals surface area contributed by atoms with Crippen LogP contribution in [0.25, 0.3) is 6.08 Å². The fraction of sp³-hybridized carbons (Fsp3) is 0.333. The van der Waals surface area contributed by atoms with E-state index in [1.54, 1.807) is 30.3 Å². The summed E-state index contributed by atoms with van der Waals surface area (Å²) >= 11 is 5.80. The van der Waals surface area contributed by atoms with Crippen LogP contribution in [0.15, 0.2) is 29.8 Å². The van der Waals surface area contributed by atoms with E-state index in [0.717, 1.165) is 5.56 Å². The van der Waals surface area contributed by atoms with Crippen molar-refractivity contribution in [3.63, 3.8) is 0 Å². The van der Waals surface area contributed by atoms with Gasteiger partial charge in [-0.2, -0.15) is 0 Å². The van der Waals surface area contributed by atoms with Crippen molar-refractivity contribution in [1.82, 2.24) is 4.90 Å². The van der Waals surface area contributed by atoms with Crippen LogP contribution >= 0.6 is 11.6 Å². The summed E-state index contributed by atoms with van der Waals surface area (Å²) in [4.78, 5) is 25.5. The SMILES string of the molecule is CC(=O)C(=Cc1ccc(Cl)cc1)C(=O)CCN(C)C. The van der Waals surface area contributed by atoms with Gasteiger partial charge < -0.3 is 4.90 Å². The van der Waals surface area contributed by atoms with E-state index in [-0.39, 0.29) is 17.1 Å². The van der Waals surface area contributed by atoms with Gasteiger partial charge in [-0.25, -0.2) is 0 Å². The smallest absolute Gasteiger partial charge is 0.167 e. The van der Waals surface area contributed by atoms with Gasteiger partial charge in [0.05, 0.1) is 5.57 Å². The van der Waals surface area contributed by atoms with Gasteiger partial charge in [0, 0.05) is 18.0 Å². The van der Waals surface area contributed by atoms with Gasteiger partial charge in [0.1, 0.15) is 0 Å². The first-order valence-corrected chi connectivity index (χ1v) is 6.44. The van der Waals surface area contributed by atoms with Crippen LogP contribution in [-0.4, -0.2) is 37.1 Å². The number of benzene rings is 1. The molecule has 0 saturated carbocycles. The molecule has 0 radical (unpaired) electrons. The number of halogens is 1. The first kappa shape index (κ1) is 15.6. The Bertz CT molecular complexity index is 489. The Morgan fingerprint density at radius 2 is 1.79 bits per heavy atom. The largest absolute Gasteiger partial charge is 0.309 e. The van der Waals surface area contributed by atoms with Crippen molar-refractivity contribution in [1.29, 1.82) is 0 Å². The molecule has 0 amide bonds. The predicted molar refractivity (Wildman–Crippen MR) is 78.3 cm³/mol. The van der Waals surface area contributed by atoms with Crippen LogP contribution in [0.4, 0.5) is 0 Å². The van der Waals surface area contributed by atoms with Crippen LogP contribution < -0.4 is 0 Å². The van der Waals surface area contributed by atoms with E-state index >= 15 is 0 Å². The lowest BCUT2D eigenvalue weighted by Gasteiger charge is -2.09. The topological polar surface area (TPSA) is 37.4 Å². The van der Waals surface area contributed by atoms with Crippen LogP contribution in [-0.2, 0) is 9.59 Å². The number of ketones is 2. The molecule has 0 aliphatic carbocycles. The predicted octanol–water partition coefficient (Wildman–Crippen LogP) is 2.83. The molecule has 0 N–H and O–H groups in total. The molecule has 0 bridgehead atoms. The monoisotopic (exact) mass is 279 g/mol. The van der Waals surface area contributed by atoms with Gasteiger partial charge in [-0.15, -0.1) is 0 Å². The van der Waals surface area contributed by atoms with E-state index in [2.05, 4.69) is 0 Å². The van der Waals surface area contributed by atoms with Crippen molar-refractivity contribution in [3.8, 4) is 0 Å². The molecule has 1 aromatic carbocycles. The van der Waals surface area contributed by atoms with Gasteiger partial charge in [-0.05, 0) is 44.8 Å². The number of carbonyl (C=O) groups is 2. The zero-order valence-electron chi connectivity index (χ0n) is 11.4. The summed E-state index contributed by atoms with van der Waals surface area (Å²) in [5.41, 5.74) is 1.04. The average Bonchev–Trinajstić information content (AvgIpc) is 2.34. The molecule has 0 spiro atoms. The van der Waals surface area contributed by atoms with Crippen molar-refractivity contribution in [2.24, 2.45) is 0 Å². The molecule has 0 aliphatic heterocycles. The highest BCUT2D eigenvalue weighted by atomic mass is 35.5. The van der Waals surface area contributed by atoms with E-state index in [4.69, 9.17) is 11.6 Å². The Balaban J connectivity index is 2.91. The Kier molecular flexibility index (Phi) is 5.93. The number of nitrogens with zero attached hydrogens (tertiary/aromatic N) is 1. The zero-order chi connectivity index (χ0) is 14.4. The third-order valence-corrected chi connectivity index (χ3v) is 2.90. The quantitative estimate of drug-likeness (QED) is 0.456. The van der Waals surface area contributed by atoms with Crippen LogP contribution in [0.3, 0.4) is 0 Å². The number of allylic oxidation sites excluding steroid dienone is 1. The van der Waals surface area contributed by atoms with Crippen LogP contribution in [0.1, 0.15) is 18.9 Å². The highest BCUT2D eigenvalue weighted by Crippen LogP contribution is 2.14. The normalized spacial score (nSPS) is 11.7. The maximum absolute atomic E-state index is 12.0. The van der Waals surface area contributed by atoms with Crippen molar-refractivity contribution < 1.29 is 9.59 Å². The van der Waals surface area contributed by atoms with E-state index in [1.165, 1.54) is 6.92 Å². The molecule has 0 fully saturated rings. The molecule has 3 nitrogen and oxygen atoms in total. The highest BCUT2D eigenvalue weighted by Gasteiger charge is 2.14. The van der Waals surface area contributed by atoms with E-state index in [1.807, 2.05) is 19.0 Å². The lowest BCUT2D eigenvalue weighted by Crippen LogP contribution is -2.19. The summed E-state index contributed by atoms with van der Waals surface area (Å²) in [6.07, 6.45) is 1.96. The van der Waals surface area contributed by atoms with E-state index < -0.39 is 0 Å². The second kappa shape index (κ2) is 7.22. The van der Waals surface area contributed by atoms with E-state index in [0.29, 0.717) is 18.0 Å². The van der Waals surface area contributed by atoms with E-state index in [9.17, 15) is 9.59 Å². The first-order chi connectivity index (χ1) is 8.90. The maximum atomic E-state index is 12.0. The standard InChI is InChI=1S/C15H18ClNO2/c1-11(18)14(15(19)8-9-17(2)3)10-12-4-6-13(16)7-5-12/h4-7,10H,8-9H2,1-3H3. The Morgan fingerprint density at radius 1 is 1.21 bits per heavy atom. The fourth-order valence-corrected chi connectivity index (χ4v) is 1.69. The molecule has 1 rings (SSSR count). The van der Waals surface area contributed by atoms with Crippen molar-refractivity contribution in [3.05, 3.63) is 40.4 Å². The number of hydrogen-bond acceptors (Lipinski definition) is 3. The number of rotatable bonds is 6. The van der Waals surface area contributed by atoms with Crippen molar-refractivity contribution in [2.75, 3.05) is 20.6 Å². The maximum Gasteiger partial charge on any atom is 0.167 e. The molecule has 4 heteroatoms. The van der Waals surface area contributed by atoms with Crippen molar-refractivity contribution >= 4 is 29.2 Å². The second-order valence-corrected chi connectivity index (χ2v) is 5.08. The number of Topliss-reactive ketones (excluding diaryl/α,β-unsaturated/α-hetero) is 2. The molecule has 102 valence electrons. The Labute approximate surface area is 118 Å².